The van der Waals surface area contributed by atoms with E-state index in [4.69, 9.17) is 0 Å². The van der Waals surface area contributed by atoms with E-state index in [0.29, 0.717) is 18.8 Å². The van der Waals surface area contributed by atoms with Crippen LogP contribution < -0.4 is 10.2 Å². The first kappa shape index (κ1) is 19.2. The molecule has 1 aromatic carbocycles. The first-order chi connectivity index (χ1) is 12.6. The van der Waals surface area contributed by atoms with Crippen molar-refractivity contribution in [3.05, 3.63) is 28.1 Å². The van der Waals surface area contributed by atoms with E-state index in [1.54, 1.807) is 4.90 Å². The molecule has 1 aliphatic heterocycles. The molecule has 27 heavy (non-hydrogen) atoms. The third-order valence-corrected chi connectivity index (χ3v) is 5.17. The summed E-state index contributed by atoms with van der Waals surface area (Å²) in [7, 11) is 0. The van der Waals surface area contributed by atoms with Gasteiger partial charge in [0.25, 0.3) is 5.69 Å². The maximum atomic E-state index is 14.7. The van der Waals surface area contributed by atoms with Crippen molar-refractivity contribution >= 4 is 23.2 Å². The molecule has 1 unspecified atom stereocenters. The summed E-state index contributed by atoms with van der Waals surface area (Å²) in [6, 6.07) is 2.31. The van der Waals surface area contributed by atoms with Gasteiger partial charge in [-0.05, 0) is 24.3 Å². The Morgan fingerprint density at radius 2 is 2.00 bits per heavy atom. The molecule has 1 saturated heterocycles. The second-order valence-electron chi connectivity index (χ2n) is 8.30. The number of halogens is 1. The predicted octanol–water partition coefficient (Wildman–Crippen LogP) is 3.52. The first-order valence-corrected chi connectivity index (χ1v) is 9.07. The van der Waals surface area contributed by atoms with Gasteiger partial charge in [0.2, 0.25) is 0 Å². The molecule has 2 fully saturated rings. The van der Waals surface area contributed by atoms with Gasteiger partial charge < -0.3 is 20.2 Å². The highest BCUT2D eigenvalue weighted by molar-refractivity contribution is 5.71. The molecule has 1 aliphatic carbocycles. The molecule has 1 amide bonds. The maximum absolute atomic E-state index is 14.7. The topological polar surface area (TPSA) is 99.0 Å². The molecule has 1 atom stereocenters. The number of nitro groups is 1. The van der Waals surface area contributed by atoms with E-state index in [1.807, 2.05) is 20.8 Å². The fourth-order valence-electron chi connectivity index (χ4n) is 3.48. The molecule has 8 nitrogen and oxygen atoms in total. The normalized spacial score (nSPS) is 20.5. The number of benzene rings is 1. The molecule has 0 bridgehead atoms. The number of nitrogens with one attached hydrogen (secondary N) is 1. The van der Waals surface area contributed by atoms with Crippen molar-refractivity contribution < 1.29 is 19.2 Å². The van der Waals surface area contributed by atoms with Crippen LogP contribution in [0.2, 0.25) is 0 Å². The lowest BCUT2D eigenvalue weighted by atomic mass is 9.84. The number of carboxylic acid groups (broad SMARTS) is 1. The van der Waals surface area contributed by atoms with Gasteiger partial charge in [-0.15, -0.1) is 0 Å². The standard InChI is InChI=1S/C18H25FN4O4/c1-18(2,3)16-10-21(6-7-22(16)17(24)25)14-9-13(20-11-4-5-11)15(23(26)27)8-12(14)19/h8-9,11,16,20H,4-7,10H2,1-3H3,(H,24,25). The number of amides is 1. The molecule has 2 N–H and O–H groups in total. The summed E-state index contributed by atoms with van der Waals surface area (Å²) in [6.45, 7) is 6.75. The van der Waals surface area contributed by atoms with Gasteiger partial charge in [0.1, 0.15) is 5.69 Å². The number of nitrogens with zero attached hydrogens (tertiary/aromatic N) is 3. The highest BCUT2D eigenvalue weighted by Crippen LogP contribution is 2.37. The minimum Gasteiger partial charge on any atom is -0.465 e. The molecule has 9 heteroatoms. The van der Waals surface area contributed by atoms with Crippen LogP contribution in [0, 0.1) is 21.3 Å². The number of anilines is 2. The zero-order chi connectivity index (χ0) is 19.9. The Kier molecular flexibility index (Phi) is 4.88. The van der Waals surface area contributed by atoms with Crippen molar-refractivity contribution in [2.24, 2.45) is 5.41 Å². The summed E-state index contributed by atoms with van der Waals surface area (Å²) >= 11 is 0. The summed E-state index contributed by atoms with van der Waals surface area (Å²) in [5.74, 6) is -0.667. The summed E-state index contributed by atoms with van der Waals surface area (Å²) in [4.78, 5) is 25.4. The van der Waals surface area contributed by atoms with Gasteiger partial charge in [0, 0.05) is 25.7 Å². The highest BCUT2D eigenvalue weighted by Gasteiger charge is 2.39. The van der Waals surface area contributed by atoms with E-state index in [1.165, 1.54) is 11.0 Å². The van der Waals surface area contributed by atoms with Gasteiger partial charge in [-0.25, -0.2) is 9.18 Å². The van der Waals surface area contributed by atoms with E-state index in [0.717, 1.165) is 18.9 Å². The monoisotopic (exact) mass is 380 g/mol. The second kappa shape index (κ2) is 6.86. The number of carbonyl (C=O) groups is 1. The van der Waals surface area contributed by atoms with E-state index < -0.39 is 16.8 Å². The van der Waals surface area contributed by atoms with Crippen molar-refractivity contribution in [1.82, 2.24) is 4.90 Å². The second-order valence-corrected chi connectivity index (χ2v) is 8.30. The van der Waals surface area contributed by atoms with Gasteiger partial charge >= 0.3 is 6.09 Å². The van der Waals surface area contributed by atoms with Crippen molar-refractivity contribution in [2.75, 3.05) is 29.9 Å². The van der Waals surface area contributed by atoms with Crippen molar-refractivity contribution in [1.29, 1.82) is 0 Å². The van der Waals surface area contributed by atoms with E-state index in [2.05, 4.69) is 5.32 Å². The minimum atomic E-state index is -0.991. The fourth-order valence-corrected chi connectivity index (χ4v) is 3.48. The Hall–Kier alpha value is -2.58. The van der Waals surface area contributed by atoms with Gasteiger partial charge in [0.05, 0.1) is 22.7 Å². The van der Waals surface area contributed by atoms with Crippen LogP contribution >= 0.6 is 0 Å². The fraction of sp³-hybridized carbons (Fsp3) is 0.611. The summed E-state index contributed by atoms with van der Waals surface area (Å²) < 4.78 is 14.7. The van der Waals surface area contributed by atoms with Crippen LogP contribution in [0.4, 0.5) is 26.2 Å². The molecule has 1 heterocycles. The summed E-state index contributed by atoms with van der Waals surface area (Å²) in [5.41, 5.74) is -0.0294. The number of rotatable bonds is 4. The largest absolute Gasteiger partial charge is 0.465 e. The van der Waals surface area contributed by atoms with Crippen LogP contribution in [0.1, 0.15) is 33.6 Å². The van der Waals surface area contributed by atoms with E-state index in [9.17, 15) is 24.4 Å². The number of nitro benzene ring substituents is 1. The zero-order valence-corrected chi connectivity index (χ0v) is 15.7. The van der Waals surface area contributed by atoms with Gasteiger partial charge in [-0.3, -0.25) is 10.1 Å². The van der Waals surface area contributed by atoms with Crippen molar-refractivity contribution in [3.63, 3.8) is 0 Å². The third-order valence-electron chi connectivity index (χ3n) is 5.17. The van der Waals surface area contributed by atoms with Gasteiger partial charge in [-0.2, -0.15) is 0 Å². The van der Waals surface area contributed by atoms with E-state index in [-0.39, 0.29) is 35.4 Å². The summed E-state index contributed by atoms with van der Waals surface area (Å²) in [6.07, 6.45) is 0.885. The number of piperazine rings is 1. The minimum absolute atomic E-state index is 0.188. The molecule has 1 saturated carbocycles. The summed E-state index contributed by atoms with van der Waals surface area (Å²) in [5, 5.41) is 23.9. The molecule has 2 aliphatic rings. The average molecular weight is 380 g/mol. The van der Waals surface area contributed by atoms with Crippen molar-refractivity contribution in [3.8, 4) is 0 Å². The third kappa shape index (κ3) is 4.06. The smallest absolute Gasteiger partial charge is 0.407 e. The van der Waals surface area contributed by atoms with Gasteiger partial charge in [-0.1, -0.05) is 20.8 Å². The Bertz CT molecular complexity index is 760. The molecular formula is C18H25FN4O4. The number of hydrogen-bond acceptors (Lipinski definition) is 5. The SMILES string of the molecule is CC(C)(C)C1CN(c2cc(NC3CC3)c([N+](=O)[O-])cc2F)CCN1C(=O)O. The van der Waals surface area contributed by atoms with Crippen LogP contribution in [0.3, 0.4) is 0 Å². The molecule has 0 radical (unpaired) electrons. The predicted molar refractivity (Wildman–Crippen MR) is 99.9 cm³/mol. The van der Waals surface area contributed by atoms with Crippen LogP contribution in [0.15, 0.2) is 12.1 Å². The quantitative estimate of drug-likeness (QED) is 0.612. The van der Waals surface area contributed by atoms with Crippen LogP contribution in [-0.2, 0) is 0 Å². The molecule has 3 rings (SSSR count). The molecule has 1 aromatic rings. The Balaban J connectivity index is 1.93. The van der Waals surface area contributed by atoms with Crippen LogP contribution in [-0.4, -0.2) is 52.7 Å². The Labute approximate surface area is 157 Å². The lowest BCUT2D eigenvalue weighted by Gasteiger charge is -2.46. The lowest BCUT2D eigenvalue weighted by Crippen LogP contribution is -2.59. The van der Waals surface area contributed by atoms with Gasteiger partial charge in [0.15, 0.2) is 5.82 Å². The molecule has 0 aromatic heterocycles. The first-order valence-electron chi connectivity index (χ1n) is 9.07. The average Bonchev–Trinajstić information content (AvgIpc) is 3.38. The Morgan fingerprint density at radius 3 is 2.52 bits per heavy atom. The van der Waals surface area contributed by atoms with Crippen LogP contribution in [0.25, 0.3) is 0 Å². The van der Waals surface area contributed by atoms with E-state index >= 15 is 0 Å². The Morgan fingerprint density at radius 1 is 1.33 bits per heavy atom. The number of hydrogen-bond donors (Lipinski definition) is 2. The molecule has 0 spiro atoms. The highest BCUT2D eigenvalue weighted by atomic mass is 19.1. The zero-order valence-electron chi connectivity index (χ0n) is 15.7. The maximum Gasteiger partial charge on any atom is 0.407 e. The molecule has 148 valence electrons. The van der Waals surface area contributed by atoms with Crippen molar-refractivity contribution in [2.45, 2.75) is 45.7 Å². The molecular weight excluding hydrogens is 355 g/mol. The van der Waals surface area contributed by atoms with Crippen LogP contribution in [0.5, 0.6) is 0 Å². The lowest BCUT2D eigenvalue weighted by molar-refractivity contribution is -0.384.